The molecule has 1 fully saturated rings. The van der Waals surface area contributed by atoms with E-state index in [1.54, 1.807) is 0 Å². The lowest BCUT2D eigenvalue weighted by molar-refractivity contribution is -0.0870. The van der Waals surface area contributed by atoms with Gasteiger partial charge in [0.25, 0.3) is 0 Å². The minimum atomic E-state index is 0.0666. The number of methoxy groups -OCH3 is 1. The maximum atomic E-state index is 6.15. The van der Waals surface area contributed by atoms with Crippen molar-refractivity contribution in [2.45, 2.75) is 70.6 Å². The Morgan fingerprint density at radius 3 is 2.59 bits per heavy atom. The van der Waals surface area contributed by atoms with Crippen molar-refractivity contribution in [1.29, 1.82) is 0 Å². The topological polar surface area (TPSA) is 38.5 Å². The Morgan fingerprint density at radius 2 is 2.12 bits per heavy atom. The van der Waals surface area contributed by atoms with Crippen LogP contribution < -0.4 is 5.73 Å². The van der Waals surface area contributed by atoms with Gasteiger partial charge in [0.2, 0.25) is 0 Å². The maximum Gasteiger partial charge on any atom is 0.0767 e. The molecule has 1 aliphatic rings. The Hall–Kier alpha value is -0.120. The third kappa shape index (κ3) is 3.01. The van der Waals surface area contributed by atoms with Gasteiger partial charge in [0.05, 0.1) is 11.6 Å². The fraction of sp³-hybridized carbons (Fsp3) is 1.00. The summed E-state index contributed by atoms with van der Waals surface area (Å²) in [4.78, 5) is 2.58. The molecule has 0 aromatic carbocycles. The van der Waals surface area contributed by atoms with E-state index in [-0.39, 0.29) is 5.54 Å². The second-order valence-electron chi connectivity index (χ2n) is 5.56. The Balaban J connectivity index is 2.95. The van der Waals surface area contributed by atoms with Crippen LogP contribution >= 0.6 is 0 Å². The largest absolute Gasteiger partial charge is 0.379 e. The van der Waals surface area contributed by atoms with E-state index in [2.05, 4.69) is 25.7 Å². The first kappa shape index (κ1) is 14.9. The first-order valence-corrected chi connectivity index (χ1v) is 7.12. The standard InChI is InChI=1S/C14H30N2O/c1-5-10-16(12(2)3)14(11-15)9-7-6-8-13(14)17-4/h12-13H,5-11,15H2,1-4H3. The van der Waals surface area contributed by atoms with E-state index in [1.165, 1.54) is 25.7 Å². The maximum absolute atomic E-state index is 6.15. The predicted octanol–water partition coefficient (Wildman–Crippen LogP) is 2.39. The summed E-state index contributed by atoms with van der Waals surface area (Å²) in [5, 5.41) is 0. The number of ether oxygens (including phenoxy) is 1. The molecule has 0 aromatic heterocycles. The van der Waals surface area contributed by atoms with E-state index in [9.17, 15) is 0 Å². The van der Waals surface area contributed by atoms with Crippen molar-refractivity contribution in [3.8, 4) is 0 Å². The zero-order chi connectivity index (χ0) is 12.9. The highest BCUT2D eigenvalue weighted by molar-refractivity contribution is 5.02. The molecular formula is C14H30N2O. The SMILES string of the molecule is CCCN(C(C)C)C1(CN)CCCCC1OC. The third-order valence-corrected chi connectivity index (χ3v) is 4.22. The van der Waals surface area contributed by atoms with E-state index < -0.39 is 0 Å². The number of hydrogen-bond donors (Lipinski definition) is 1. The van der Waals surface area contributed by atoms with Crippen LogP contribution in [0, 0.1) is 0 Å². The molecule has 0 bridgehead atoms. The van der Waals surface area contributed by atoms with Crippen LogP contribution in [0.2, 0.25) is 0 Å². The molecule has 0 spiro atoms. The Morgan fingerprint density at radius 1 is 1.41 bits per heavy atom. The molecule has 0 aromatic rings. The molecule has 1 rings (SSSR count). The van der Waals surface area contributed by atoms with Crippen molar-refractivity contribution < 1.29 is 4.74 Å². The summed E-state index contributed by atoms with van der Waals surface area (Å²) in [5.41, 5.74) is 6.22. The summed E-state index contributed by atoms with van der Waals surface area (Å²) in [5.74, 6) is 0. The number of nitrogens with zero attached hydrogens (tertiary/aromatic N) is 1. The van der Waals surface area contributed by atoms with Crippen LogP contribution in [0.5, 0.6) is 0 Å². The molecule has 17 heavy (non-hydrogen) atoms. The van der Waals surface area contributed by atoms with Crippen LogP contribution in [-0.4, -0.2) is 42.8 Å². The molecule has 102 valence electrons. The lowest BCUT2D eigenvalue weighted by Gasteiger charge is -2.52. The summed E-state index contributed by atoms with van der Waals surface area (Å²) < 4.78 is 5.75. The van der Waals surface area contributed by atoms with E-state index in [0.29, 0.717) is 18.7 Å². The van der Waals surface area contributed by atoms with Gasteiger partial charge < -0.3 is 10.5 Å². The number of hydrogen-bond acceptors (Lipinski definition) is 3. The minimum absolute atomic E-state index is 0.0666. The highest BCUT2D eigenvalue weighted by Crippen LogP contribution is 2.36. The Bertz CT molecular complexity index is 220. The van der Waals surface area contributed by atoms with Crippen LogP contribution in [0.3, 0.4) is 0 Å². The molecule has 3 nitrogen and oxygen atoms in total. The van der Waals surface area contributed by atoms with E-state index in [0.717, 1.165) is 13.0 Å². The minimum Gasteiger partial charge on any atom is -0.379 e. The van der Waals surface area contributed by atoms with Crippen molar-refractivity contribution >= 4 is 0 Å². The second kappa shape index (κ2) is 6.72. The van der Waals surface area contributed by atoms with Crippen molar-refractivity contribution in [1.82, 2.24) is 4.90 Å². The van der Waals surface area contributed by atoms with Gasteiger partial charge in [-0.05, 0) is 39.7 Å². The lowest BCUT2D eigenvalue weighted by Crippen LogP contribution is -2.64. The van der Waals surface area contributed by atoms with E-state index in [1.807, 2.05) is 7.11 Å². The van der Waals surface area contributed by atoms with Gasteiger partial charge in [-0.15, -0.1) is 0 Å². The fourth-order valence-electron chi connectivity index (χ4n) is 3.44. The summed E-state index contributed by atoms with van der Waals surface area (Å²) in [6.45, 7) is 8.62. The Kier molecular flexibility index (Phi) is 5.90. The quantitative estimate of drug-likeness (QED) is 0.777. The Labute approximate surface area is 107 Å². The molecule has 1 saturated carbocycles. The van der Waals surface area contributed by atoms with Crippen LogP contribution in [0.1, 0.15) is 52.9 Å². The summed E-state index contributed by atoms with van der Waals surface area (Å²) in [6, 6.07) is 0.536. The molecule has 3 heteroatoms. The summed E-state index contributed by atoms with van der Waals surface area (Å²) in [6.07, 6.45) is 6.37. The fourth-order valence-corrected chi connectivity index (χ4v) is 3.44. The van der Waals surface area contributed by atoms with Gasteiger partial charge in [0.1, 0.15) is 0 Å². The first-order valence-electron chi connectivity index (χ1n) is 7.12. The molecule has 2 N–H and O–H groups in total. The van der Waals surface area contributed by atoms with Gasteiger partial charge in [-0.25, -0.2) is 0 Å². The average molecular weight is 242 g/mol. The molecule has 0 saturated heterocycles. The van der Waals surface area contributed by atoms with E-state index >= 15 is 0 Å². The van der Waals surface area contributed by atoms with Crippen molar-refractivity contribution in [2.75, 3.05) is 20.2 Å². The molecule has 0 amide bonds. The molecule has 1 aliphatic carbocycles. The van der Waals surface area contributed by atoms with Gasteiger partial charge in [-0.1, -0.05) is 19.8 Å². The zero-order valence-electron chi connectivity index (χ0n) is 12.0. The third-order valence-electron chi connectivity index (χ3n) is 4.22. The zero-order valence-corrected chi connectivity index (χ0v) is 12.0. The van der Waals surface area contributed by atoms with Crippen LogP contribution in [-0.2, 0) is 4.74 Å². The van der Waals surface area contributed by atoms with Gasteiger partial charge in [0.15, 0.2) is 0 Å². The second-order valence-corrected chi connectivity index (χ2v) is 5.56. The van der Waals surface area contributed by atoms with Gasteiger partial charge in [-0.2, -0.15) is 0 Å². The molecule has 0 radical (unpaired) electrons. The summed E-state index contributed by atoms with van der Waals surface area (Å²) in [7, 11) is 1.84. The van der Waals surface area contributed by atoms with Crippen molar-refractivity contribution in [3.05, 3.63) is 0 Å². The lowest BCUT2D eigenvalue weighted by atomic mass is 9.76. The molecule has 0 aliphatic heterocycles. The molecule has 2 unspecified atom stereocenters. The highest BCUT2D eigenvalue weighted by atomic mass is 16.5. The molecule has 2 atom stereocenters. The van der Waals surface area contributed by atoms with E-state index in [4.69, 9.17) is 10.5 Å². The monoisotopic (exact) mass is 242 g/mol. The average Bonchev–Trinajstić information content (AvgIpc) is 2.35. The van der Waals surface area contributed by atoms with Gasteiger partial charge in [0, 0.05) is 19.7 Å². The molecule has 0 heterocycles. The summed E-state index contributed by atoms with van der Waals surface area (Å²) >= 11 is 0. The first-order chi connectivity index (χ1) is 8.12. The smallest absolute Gasteiger partial charge is 0.0767 e. The predicted molar refractivity (Wildman–Crippen MR) is 73.2 cm³/mol. The number of nitrogens with two attached hydrogens (primary N) is 1. The molecular weight excluding hydrogens is 212 g/mol. The number of rotatable bonds is 6. The van der Waals surface area contributed by atoms with Crippen molar-refractivity contribution in [2.24, 2.45) is 5.73 Å². The van der Waals surface area contributed by atoms with Crippen LogP contribution in [0.4, 0.5) is 0 Å². The van der Waals surface area contributed by atoms with Gasteiger partial charge >= 0.3 is 0 Å². The van der Waals surface area contributed by atoms with Crippen molar-refractivity contribution in [3.63, 3.8) is 0 Å². The highest BCUT2D eigenvalue weighted by Gasteiger charge is 2.45. The van der Waals surface area contributed by atoms with Crippen LogP contribution in [0.25, 0.3) is 0 Å². The van der Waals surface area contributed by atoms with Gasteiger partial charge in [-0.3, -0.25) is 4.90 Å². The van der Waals surface area contributed by atoms with Crippen LogP contribution in [0.15, 0.2) is 0 Å². The normalized spacial score (nSPS) is 30.2.